The topological polar surface area (TPSA) is 64.3 Å². The van der Waals surface area contributed by atoms with Crippen molar-refractivity contribution in [3.05, 3.63) is 57.4 Å². The van der Waals surface area contributed by atoms with Gasteiger partial charge in [0.15, 0.2) is 0 Å². The average Bonchev–Trinajstić information content (AvgIpc) is 2.45. The van der Waals surface area contributed by atoms with E-state index in [2.05, 4.69) is 5.32 Å². The molecule has 0 unspecified atom stereocenters. The second-order valence-corrected chi connectivity index (χ2v) is 5.41. The minimum Gasteiger partial charge on any atom is -0.492 e. The van der Waals surface area contributed by atoms with Crippen molar-refractivity contribution >= 4 is 34.2 Å². The number of rotatable bonds is 5. The van der Waals surface area contributed by atoms with Crippen LogP contribution < -0.4 is 15.8 Å². The minimum absolute atomic E-state index is 0.296. The molecule has 0 radical (unpaired) electrons. The second kappa shape index (κ2) is 7.37. The number of ether oxygens (including phenoxy) is 1. The predicted molar refractivity (Wildman–Crippen MR) is 88.1 cm³/mol. The first-order chi connectivity index (χ1) is 10.1. The summed E-state index contributed by atoms with van der Waals surface area (Å²) in [6.07, 6.45) is 0. The molecule has 0 bridgehead atoms. The zero-order valence-corrected chi connectivity index (χ0v) is 13.3. The monoisotopic (exact) mass is 400 g/mol. The summed E-state index contributed by atoms with van der Waals surface area (Å²) in [5.41, 5.74) is 6.40. The molecule has 1 amide bonds. The van der Waals surface area contributed by atoms with E-state index >= 15 is 0 Å². The molecule has 0 spiro atoms. The van der Waals surface area contributed by atoms with Gasteiger partial charge < -0.3 is 15.8 Å². The Hall–Kier alpha value is -1.67. The van der Waals surface area contributed by atoms with E-state index in [-0.39, 0.29) is 11.7 Å². The van der Waals surface area contributed by atoms with E-state index in [0.29, 0.717) is 33.7 Å². The van der Waals surface area contributed by atoms with Crippen LogP contribution in [-0.4, -0.2) is 19.1 Å². The number of nitrogens with two attached hydrogens (primary N) is 1. The number of halogens is 2. The molecule has 0 saturated carbocycles. The number of hydrogen-bond acceptors (Lipinski definition) is 3. The Morgan fingerprint density at radius 1 is 1.29 bits per heavy atom. The highest BCUT2D eigenvalue weighted by Crippen LogP contribution is 2.20. The lowest BCUT2D eigenvalue weighted by Crippen LogP contribution is -2.14. The first-order valence-electron chi connectivity index (χ1n) is 6.29. The Morgan fingerprint density at radius 2 is 2.10 bits per heavy atom. The second-order valence-electron chi connectivity index (χ2n) is 4.24. The van der Waals surface area contributed by atoms with Crippen molar-refractivity contribution in [2.24, 2.45) is 5.73 Å². The van der Waals surface area contributed by atoms with Gasteiger partial charge in [-0.05, 0) is 52.9 Å². The van der Waals surface area contributed by atoms with Crippen molar-refractivity contribution in [1.82, 2.24) is 0 Å². The van der Waals surface area contributed by atoms with Gasteiger partial charge in [-0.1, -0.05) is 6.07 Å². The Balaban J connectivity index is 2.12. The van der Waals surface area contributed by atoms with Gasteiger partial charge in [-0.3, -0.25) is 4.79 Å². The van der Waals surface area contributed by atoms with Crippen molar-refractivity contribution < 1.29 is 13.9 Å². The van der Waals surface area contributed by atoms with Crippen LogP contribution in [0.3, 0.4) is 0 Å². The zero-order chi connectivity index (χ0) is 15.2. The summed E-state index contributed by atoms with van der Waals surface area (Å²) in [4.78, 5) is 12.2. The Morgan fingerprint density at radius 3 is 2.81 bits per heavy atom. The van der Waals surface area contributed by atoms with E-state index in [1.165, 1.54) is 18.2 Å². The first-order valence-corrected chi connectivity index (χ1v) is 7.37. The maximum Gasteiger partial charge on any atom is 0.256 e. The van der Waals surface area contributed by atoms with Crippen LogP contribution in [0.1, 0.15) is 10.4 Å². The molecule has 3 N–H and O–H groups in total. The van der Waals surface area contributed by atoms with Crippen LogP contribution in [0.5, 0.6) is 5.75 Å². The summed E-state index contributed by atoms with van der Waals surface area (Å²) in [5.74, 6) is -0.0319. The van der Waals surface area contributed by atoms with Crippen LogP contribution in [0.2, 0.25) is 0 Å². The maximum absolute atomic E-state index is 13.0. The van der Waals surface area contributed by atoms with E-state index in [0.717, 1.165) is 0 Å². The molecule has 6 heteroatoms. The Bertz CT molecular complexity index is 649. The third kappa shape index (κ3) is 4.40. The fourth-order valence-corrected chi connectivity index (χ4v) is 2.43. The highest BCUT2D eigenvalue weighted by molar-refractivity contribution is 14.1. The summed E-state index contributed by atoms with van der Waals surface area (Å²) in [7, 11) is 0. The van der Waals surface area contributed by atoms with E-state index in [4.69, 9.17) is 10.5 Å². The standard InChI is InChI=1S/C15H14FIN2O2/c16-10-4-5-13(14(17)8-10)15(20)19-11-2-1-3-12(9-11)21-7-6-18/h1-5,8-9H,6-7,18H2,(H,19,20). The lowest BCUT2D eigenvalue weighted by atomic mass is 10.2. The van der Waals surface area contributed by atoms with Crippen LogP contribution in [0.25, 0.3) is 0 Å². The third-order valence-corrected chi connectivity index (χ3v) is 3.55. The molecule has 0 aliphatic heterocycles. The van der Waals surface area contributed by atoms with E-state index < -0.39 is 0 Å². The summed E-state index contributed by atoms with van der Waals surface area (Å²) in [6, 6.07) is 11.1. The smallest absolute Gasteiger partial charge is 0.256 e. The molecule has 0 aliphatic carbocycles. The largest absolute Gasteiger partial charge is 0.492 e. The molecular formula is C15H14FIN2O2. The fraction of sp³-hybridized carbons (Fsp3) is 0.133. The van der Waals surface area contributed by atoms with E-state index in [1.54, 1.807) is 24.3 Å². The molecular weight excluding hydrogens is 386 g/mol. The highest BCUT2D eigenvalue weighted by atomic mass is 127. The first kappa shape index (κ1) is 15.7. The van der Waals surface area contributed by atoms with Crippen molar-refractivity contribution in [3.8, 4) is 5.75 Å². The van der Waals surface area contributed by atoms with Crippen LogP contribution in [-0.2, 0) is 0 Å². The van der Waals surface area contributed by atoms with Crippen molar-refractivity contribution in [2.45, 2.75) is 0 Å². The molecule has 2 aromatic rings. The summed E-state index contributed by atoms with van der Waals surface area (Å²) >= 11 is 1.93. The predicted octanol–water partition coefficient (Wildman–Crippen LogP) is 3.02. The van der Waals surface area contributed by atoms with Gasteiger partial charge in [0.1, 0.15) is 18.2 Å². The van der Waals surface area contributed by atoms with Gasteiger partial charge in [0, 0.05) is 21.9 Å². The molecule has 0 atom stereocenters. The normalized spacial score (nSPS) is 10.2. The van der Waals surface area contributed by atoms with Crippen LogP contribution in [0.15, 0.2) is 42.5 Å². The number of anilines is 1. The fourth-order valence-electron chi connectivity index (χ4n) is 1.71. The zero-order valence-electron chi connectivity index (χ0n) is 11.1. The summed E-state index contributed by atoms with van der Waals surface area (Å²) < 4.78 is 19.0. The number of benzene rings is 2. The number of amides is 1. The van der Waals surface area contributed by atoms with Gasteiger partial charge in [0.05, 0.1) is 5.56 Å². The van der Waals surface area contributed by atoms with Crippen molar-refractivity contribution in [3.63, 3.8) is 0 Å². The third-order valence-electron chi connectivity index (χ3n) is 2.65. The van der Waals surface area contributed by atoms with Crippen LogP contribution in [0, 0.1) is 9.39 Å². The molecule has 110 valence electrons. The molecule has 0 saturated heterocycles. The van der Waals surface area contributed by atoms with Gasteiger partial charge in [-0.2, -0.15) is 0 Å². The number of carbonyl (C=O) groups is 1. The summed E-state index contributed by atoms with van der Waals surface area (Å²) in [6.45, 7) is 0.831. The molecule has 2 rings (SSSR count). The molecule has 0 aromatic heterocycles. The van der Waals surface area contributed by atoms with Gasteiger partial charge in [-0.25, -0.2) is 4.39 Å². The Kier molecular flexibility index (Phi) is 5.51. The highest BCUT2D eigenvalue weighted by Gasteiger charge is 2.11. The minimum atomic E-state index is -0.367. The molecule has 0 heterocycles. The maximum atomic E-state index is 13.0. The molecule has 0 aliphatic rings. The lowest BCUT2D eigenvalue weighted by molar-refractivity contribution is 0.102. The number of carbonyl (C=O) groups excluding carboxylic acids is 1. The van der Waals surface area contributed by atoms with E-state index in [1.807, 2.05) is 22.6 Å². The van der Waals surface area contributed by atoms with Gasteiger partial charge >= 0.3 is 0 Å². The molecule has 0 fully saturated rings. The SMILES string of the molecule is NCCOc1cccc(NC(=O)c2ccc(F)cc2I)c1. The molecule has 2 aromatic carbocycles. The number of hydrogen-bond donors (Lipinski definition) is 2. The van der Waals surface area contributed by atoms with E-state index in [9.17, 15) is 9.18 Å². The summed E-state index contributed by atoms with van der Waals surface area (Å²) in [5, 5.41) is 2.76. The van der Waals surface area contributed by atoms with Crippen LogP contribution >= 0.6 is 22.6 Å². The Labute approximate surface area is 135 Å². The van der Waals surface area contributed by atoms with Crippen molar-refractivity contribution in [1.29, 1.82) is 0 Å². The van der Waals surface area contributed by atoms with Crippen LogP contribution in [0.4, 0.5) is 10.1 Å². The molecule has 4 nitrogen and oxygen atoms in total. The van der Waals surface area contributed by atoms with Crippen molar-refractivity contribution in [2.75, 3.05) is 18.5 Å². The number of nitrogens with one attached hydrogen (secondary N) is 1. The molecule has 21 heavy (non-hydrogen) atoms. The van der Waals surface area contributed by atoms with Gasteiger partial charge in [-0.15, -0.1) is 0 Å². The van der Waals surface area contributed by atoms with Gasteiger partial charge in [0.2, 0.25) is 0 Å². The quantitative estimate of drug-likeness (QED) is 0.759. The lowest BCUT2D eigenvalue weighted by Gasteiger charge is -2.09. The average molecular weight is 400 g/mol. The van der Waals surface area contributed by atoms with Gasteiger partial charge in [0.25, 0.3) is 5.91 Å².